The summed E-state index contributed by atoms with van der Waals surface area (Å²) in [6.45, 7) is 1.05. The number of amides is 1. The van der Waals surface area contributed by atoms with Crippen molar-refractivity contribution in [1.29, 1.82) is 0 Å². The third-order valence-corrected chi connectivity index (χ3v) is 7.69. The van der Waals surface area contributed by atoms with Crippen molar-refractivity contribution in [3.63, 3.8) is 0 Å². The highest BCUT2D eigenvalue weighted by molar-refractivity contribution is 9.11. The van der Waals surface area contributed by atoms with E-state index in [2.05, 4.69) is 21.2 Å². The molecule has 0 atom stereocenters. The first kappa shape index (κ1) is 19.3. The normalized spacial score (nSPS) is 15.6. The Morgan fingerprint density at radius 2 is 1.92 bits per heavy atom. The minimum Gasteiger partial charge on any atom is -0.495 e. The molecule has 1 N–H and O–H groups in total. The minimum absolute atomic E-state index is 0.155. The summed E-state index contributed by atoms with van der Waals surface area (Å²) in [7, 11) is -2.11. The van der Waals surface area contributed by atoms with Crippen LogP contribution in [0.3, 0.4) is 0 Å². The first-order chi connectivity index (χ1) is 12.4. The fourth-order valence-electron chi connectivity index (χ4n) is 2.82. The predicted octanol–water partition coefficient (Wildman–Crippen LogP) is 3.95. The van der Waals surface area contributed by atoms with Crippen molar-refractivity contribution in [3.05, 3.63) is 39.0 Å². The average Bonchev–Trinajstić information content (AvgIpc) is 3.09. The fourth-order valence-corrected chi connectivity index (χ4v) is 5.64. The van der Waals surface area contributed by atoms with Gasteiger partial charge in [0.1, 0.15) is 5.75 Å². The molecule has 2 heterocycles. The molecule has 1 aromatic carbocycles. The van der Waals surface area contributed by atoms with Gasteiger partial charge in [-0.05, 0) is 59.1 Å². The molecule has 1 fully saturated rings. The lowest BCUT2D eigenvalue weighted by molar-refractivity contribution is 0.103. The summed E-state index contributed by atoms with van der Waals surface area (Å²) >= 11 is 4.62. The lowest BCUT2D eigenvalue weighted by atomic mass is 10.2. The lowest BCUT2D eigenvalue weighted by Gasteiger charge is -2.26. The molecule has 3 rings (SSSR count). The van der Waals surface area contributed by atoms with Gasteiger partial charge in [-0.15, -0.1) is 11.3 Å². The van der Waals surface area contributed by atoms with Crippen LogP contribution in [0.15, 0.2) is 39.0 Å². The van der Waals surface area contributed by atoms with Gasteiger partial charge >= 0.3 is 0 Å². The summed E-state index contributed by atoms with van der Waals surface area (Å²) in [6, 6.07) is 8.03. The molecule has 2 aromatic rings. The molecule has 1 saturated heterocycles. The number of halogens is 1. The zero-order valence-corrected chi connectivity index (χ0v) is 17.4. The van der Waals surface area contributed by atoms with Crippen LogP contribution in [0.2, 0.25) is 0 Å². The van der Waals surface area contributed by atoms with E-state index in [1.54, 1.807) is 18.2 Å². The van der Waals surface area contributed by atoms with E-state index < -0.39 is 10.0 Å². The van der Waals surface area contributed by atoms with Gasteiger partial charge in [-0.25, -0.2) is 8.42 Å². The highest BCUT2D eigenvalue weighted by Gasteiger charge is 2.27. The smallest absolute Gasteiger partial charge is 0.265 e. The number of anilines is 1. The lowest BCUT2D eigenvalue weighted by Crippen LogP contribution is -2.35. The van der Waals surface area contributed by atoms with Crippen molar-refractivity contribution >= 4 is 48.9 Å². The van der Waals surface area contributed by atoms with Crippen LogP contribution in [0, 0.1) is 0 Å². The van der Waals surface area contributed by atoms with E-state index in [4.69, 9.17) is 4.74 Å². The Kier molecular flexibility index (Phi) is 6.01. The number of piperidine rings is 1. The van der Waals surface area contributed by atoms with Crippen molar-refractivity contribution in [2.75, 3.05) is 25.5 Å². The van der Waals surface area contributed by atoms with Crippen LogP contribution in [0.25, 0.3) is 0 Å². The van der Waals surface area contributed by atoms with Gasteiger partial charge in [0.05, 0.1) is 26.4 Å². The number of sulfonamides is 1. The Labute approximate surface area is 165 Å². The Bertz CT molecular complexity index is 905. The molecule has 1 aliphatic rings. The van der Waals surface area contributed by atoms with Gasteiger partial charge in [-0.3, -0.25) is 4.79 Å². The zero-order chi connectivity index (χ0) is 18.7. The highest BCUT2D eigenvalue weighted by atomic mass is 79.9. The Balaban J connectivity index is 1.90. The van der Waals surface area contributed by atoms with Gasteiger partial charge in [0, 0.05) is 13.1 Å². The number of benzene rings is 1. The standard InChI is InChI=1S/C17H19BrN2O4S2/c1-24-14-6-5-12(26(22,23)20-9-3-2-4-10-20)11-13(14)19-17(21)15-7-8-16(18)25-15/h5-8,11H,2-4,9-10H2,1H3,(H,19,21). The molecular formula is C17H19BrN2O4S2. The number of carbonyl (C=O) groups excluding carboxylic acids is 1. The molecule has 6 nitrogen and oxygen atoms in total. The van der Waals surface area contributed by atoms with Crippen molar-refractivity contribution < 1.29 is 17.9 Å². The molecule has 0 aliphatic carbocycles. The molecule has 0 saturated carbocycles. The van der Waals surface area contributed by atoms with Crippen LogP contribution < -0.4 is 10.1 Å². The number of hydrogen-bond acceptors (Lipinski definition) is 5. The highest BCUT2D eigenvalue weighted by Crippen LogP contribution is 2.31. The van der Waals surface area contributed by atoms with E-state index in [1.807, 2.05) is 0 Å². The predicted molar refractivity (Wildman–Crippen MR) is 106 cm³/mol. The number of methoxy groups -OCH3 is 1. The topological polar surface area (TPSA) is 75.7 Å². The van der Waals surface area contributed by atoms with Crippen molar-refractivity contribution in [1.82, 2.24) is 4.31 Å². The molecule has 0 unspecified atom stereocenters. The maximum absolute atomic E-state index is 12.9. The summed E-state index contributed by atoms with van der Waals surface area (Å²) in [5.41, 5.74) is 0.333. The van der Waals surface area contributed by atoms with Gasteiger partial charge in [0.2, 0.25) is 10.0 Å². The van der Waals surface area contributed by atoms with Crippen molar-refractivity contribution in [3.8, 4) is 5.75 Å². The van der Waals surface area contributed by atoms with Crippen LogP contribution >= 0.6 is 27.3 Å². The number of ether oxygens (including phenoxy) is 1. The molecule has 0 spiro atoms. The van der Waals surface area contributed by atoms with E-state index in [0.717, 1.165) is 23.0 Å². The number of rotatable bonds is 5. The SMILES string of the molecule is COc1ccc(S(=O)(=O)N2CCCCC2)cc1NC(=O)c1ccc(Br)s1. The van der Waals surface area contributed by atoms with Crippen LogP contribution in [0.4, 0.5) is 5.69 Å². The van der Waals surface area contributed by atoms with E-state index in [0.29, 0.717) is 29.4 Å². The van der Waals surface area contributed by atoms with Crippen LogP contribution in [-0.2, 0) is 10.0 Å². The van der Waals surface area contributed by atoms with E-state index in [1.165, 1.54) is 34.9 Å². The first-order valence-corrected chi connectivity index (χ1v) is 11.2. The van der Waals surface area contributed by atoms with Crippen LogP contribution in [-0.4, -0.2) is 38.8 Å². The number of nitrogens with zero attached hydrogens (tertiary/aromatic N) is 1. The molecule has 9 heteroatoms. The Morgan fingerprint density at radius 3 is 2.54 bits per heavy atom. The van der Waals surface area contributed by atoms with E-state index in [9.17, 15) is 13.2 Å². The van der Waals surface area contributed by atoms with Crippen LogP contribution in [0.5, 0.6) is 5.75 Å². The fraction of sp³-hybridized carbons (Fsp3) is 0.353. The Morgan fingerprint density at radius 1 is 1.19 bits per heavy atom. The summed E-state index contributed by atoms with van der Waals surface area (Å²) in [5, 5.41) is 2.75. The molecule has 140 valence electrons. The molecular weight excluding hydrogens is 440 g/mol. The second-order valence-electron chi connectivity index (χ2n) is 5.88. The van der Waals surface area contributed by atoms with Gasteiger partial charge in [0.25, 0.3) is 5.91 Å². The zero-order valence-electron chi connectivity index (χ0n) is 14.2. The van der Waals surface area contributed by atoms with Crippen molar-refractivity contribution in [2.24, 2.45) is 0 Å². The number of thiophene rings is 1. The molecule has 1 aromatic heterocycles. The first-order valence-electron chi connectivity index (χ1n) is 8.16. The average molecular weight is 459 g/mol. The molecule has 26 heavy (non-hydrogen) atoms. The third kappa shape index (κ3) is 4.11. The second-order valence-corrected chi connectivity index (χ2v) is 10.3. The van der Waals surface area contributed by atoms with Gasteiger partial charge in [-0.2, -0.15) is 4.31 Å². The molecule has 1 amide bonds. The molecule has 0 radical (unpaired) electrons. The van der Waals surface area contributed by atoms with E-state index in [-0.39, 0.29) is 10.8 Å². The minimum atomic E-state index is -3.58. The summed E-state index contributed by atoms with van der Waals surface area (Å²) in [4.78, 5) is 13.1. The molecule has 1 aliphatic heterocycles. The number of carbonyl (C=O) groups is 1. The molecule has 0 bridgehead atoms. The van der Waals surface area contributed by atoms with Crippen LogP contribution in [0.1, 0.15) is 28.9 Å². The Hall–Kier alpha value is -1.42. The maximum Gasteiger partial charge on any atom is 0.265 e. The van der Waals surface area contributed by atoms with Gasteiger partial charge in [-0.1, -0.05) is 6.42 Å². The second kappa shape index (κ2) is 8.08. The van der Waals surface area contributed by atoms with Gasteiger partial charge in [0.15, 0.2) is 0 Å². The van der Waals surface area contributed by atoms with Crippen molar-refractivity contribution in [2.45, 2.75) is 24.2 Å². The number of nitrogens with one attached hydrogen (secondary N) is 1. The van der Waals surface area contributed by atoms with Gasteiger partial charge < -0.3 is 10.1 Å². The third-order valence-electron chi connectivity index (χ3n) is 4.17. The summed E-state index contributed by atoms with van der Waals surface area (Å²) < 4.78 is 33.3. The van der Waals surface area contributed by atoms with E-state index >= 15 is 0 Å². The summed E-state index contributed by atoms with van der Waals surface area (Å²) in [6.07, 6.45) is 2.78. The maximum atomic E-state index is 12.9. The number of hydrogen-bond donors (Lipinski definition) is 1. The largest absolute Gasteiger partial charge is 0.495 e. The quantitative estimate of drug-likeness (QED) is 0.735. The summed E-state index contributed by atoms with van der Waals surface area (Å²) in [5.74, 6) is 0.0955. The monoisotopic (exact) mass is 458 g/mol.